The number of rotatable bonds is 7. The van der Waals surface area contributed by atoms with Crippen molar-refractivity contribution in [2.75, 3.05) is 11.5 Å². The molecule has 0 saturated carbocycles. The maximum absolute atomic E-state index is 11.9. The highest BCUT2D eigenvalue weighted by molar-refractivity contribution is 7.99. The van der Waals surface area contributed by atoms with Crippen molar-refractivity contribution >= 4 is 17.7 Å². The van der Waals surface area contributed by atoms with Gasteiger partial charge in [0.15, 0.2) is 0 Å². The lowest BCUT2D eigenvalue weighted by Gasteiger charge is -2.13. The lowest BCUT2D eigenvalue weighted by atomic mass is 10.1. The van der Waals surface area contributed by atoms with Gasteiger partial charge in [-0.05, 0) is 42.5 Å². The first kappa shape index (κ1) is 15.1. The van der Waals surface area contributed by atoms with E-state index in [0.29, 0.717) is 12.1 Å². The Balaban J connectivity index is 2.43. The Morgan fingerprint density at radius 1 is 1.39 bits per heavy atom. The maximum Gasteiger partial charge on any atom is 0.251 e. The molecule has 0 aliphatic rings. The number of hydrogen-bond acceptors (Lipinski definition) is 3. The van der Waals surface area contributed by atoms with Gasteiger partial charge in [0.25, 0.3) is 5.91 Å². The topological polar surface area (TPSA) is 55.1 Å². The van der Waals surface area contributed by atoms with Crippen LogP contribution in [0.2, 0.25) is 0 Å². The van der Waals surface area contributed by atoms with Gasteiger partial charge in [-0.25, -0.2) is 0 Å². The second-order valence-electron chi connectivity index (χ2n) is 4.26. The summed E-state index contributed by atoms with van der Waals surface area (Å²) in [4.78, 5) is 11.9. The number of thioether (sulfide) groups is 1. The van der Waals surface area contributed by atoms with Crippen LogP contribution in [0.5, 0.6) is 0 Å². The molecule has 1 aromatic rings. The van der Waals surface area contributed by atoms with Crippen molar-refractivity contribution in [2.45, 2.75) is 32.9 Å². The quantitative estimate of drug-likeness (QED) is 0.745. The van der Waals surface area contributed by atoms with E-state index in [4.69, 9.17) is 5.73 Å². The highest BCUT2D eigenvalue weighted by Crippen LogP contribution is 2.06. The molecule has 100 valence electrons. The summed E-state index contributed by atoms with van der Waals surface area (Å²) in [5.74, 6) is 2.21. The number of nitrogens with two attached hydrogens (primary N) is 1. The van der Waals surface area contributed by atoms with Gasteiger partial charge < -0.3 is 11.1 Å². The second-order valence-corrected chi connectivity index (χ2v) is 5.66. The zero-order valence-electron chi connectivity index (χ0n) is 11.1. The molecule has 0 spiro atoms. The third-order valence-corrected chi connectivity index (χ3v) is 3.66. The van der Waals surface area contributed by atoms with Crippen LogP contribution in [0.1, 0.15) is 36.2 Å². The Bertz CT molecular complexity index is 365. The molecule has 0 bridgehead atoms. The maximum atomic E-state index is 11.9. The molecule has 0 aliphatic carbocycles. The van der Waals surface area contributed by atoms with Crippen LogP contribution in [0.25, 0.3) is 0 Å². The Morgan fingerprint density at radius 3 is 2.61 bits per heavy atom. The summed E-state index contributed by atoms with van der Waals surface area (Å²) in [5, 5.41) is 3.01. The van der Waals surface area contributed by atoms with E-state index in [1.807, 2.05) is 43.0 Å². The minimum Gasteiger partial charge on any atom is -0.350 e. The minimum atomic E-state index is -0.00688. The highest BCUT2D eigenvalue weighted by atomic mass is 32.2. The summed E-state index contributed by atoms with van der Waals surface area (Å²) < 4.78 is 0. The van der Waals surface area contributed by atoms with E-state index in [-0.39, 0.29) is 11.9 Å². The number of hydrogen-bond donors (Lipinski definition) is 2. The number of benzene rings is 1. The fourth-order valence-corrected chi connectivity index (χ4v) is 2.38. The van der Waals surface area contributed by atoms with Crippen molar-refractivity contribution in [3.8, 4) is 0 Å². The Labute approximate surface area is 114 Å². The summed E-state index contributed by atoms with van der Waals surface area (Å²) in [6.45, 7) is 4.70. The molecule has 0 heterocycles. The van der Waals surface area contributed by atoms with E-state index in [1.54, 1.807) is 0 Å². The average Bonchev–Trinajstić information content (AvgIpc) is 2.39. The molecule has 1 unspecified atom stereocenters. The highest BCUT2D eigenvalue weighted by Gasteiger charge is 2.09. The Kier molecular flexibility index (Phi) is 6.83. The number of nitrogens with one attached hydrogen (secondary N) is 1. The van der Waals surface area contributed by atoms with E-state index in [0.717, 1.165) is 23.5 Å². The van der Waals surface area contributed by atoms with Crippen LogP contribution in [-0.2, 0) is 6.54 Å². The van der Waals surface area contributed by atoms with E-state index >= 15 is 0 Å². The second kappa shape index (κ2) is 8.16. The Hall–Kier alpha value is -1.00. The number of amides is 1. The number of carbonyl (C=O) groups excluding carboxylic acids is 1. The smallest absolute Gasteiger partial charge is 0.251 e. The molecule has 1 amide bonds. The number of carbonyl (C=O) groups is 1. The van der Waals surface area contributed by atoms with Crippen LogP contribution in [-0.4, -0.2) is 23.5 Å². The summed E-state index contributed by atoms with van der Waals surface area (Å²) in [6.07, 6.45) is 1.01. The van der Waals surface area contributed by atoms with Crippen LogP contribution >= 0.6 is 11.8 Å². The lowest BCUT2D eigenvalue weighted by Crippen LogP contribution is -2.32. The van der Waals surface area contributed by atoms with Crippen molar-refractivity contribution in [2.24, 2.45) is 5.73 Å². The van der Waals surface area contributed by atoms with Gasteiger partial charge in [0.05, 0.1) is 0 Å². The van der Waals surface area contributed by atoms with E-state index in [2.05, 4.69) is 12.2 Å². The van der Waals surface area contributed by atoms with Crippen LogP contribution < -0.4 is 11.1 Å². The molecule has 3 nitrogen and oxygen atoms in total. The monoisotopic (exact) mass is 266 g/mol. The van der Waals surface area contributed by atoms with Crippen molar-refractivity contribution in [1.29, 1.82) is 0 Å². The lowest BCUT2D eigenvalue weighted by molar-refractivity contribution is 0.0939. The summed E-state index contributed by atoms with van der Waals surface area (Å²) in [6, 6.07) is 7.65. The molecule has 1 rings (SSSR count). The van der Waals surface area contributed by atoms with Gasteiger partial charge in [-0.15, -0.1) is 0 Å². The third-order valence-electron chi connectivity index (χ3n) is 2.73. The molecular formula is C14H22N2OS. The van der Waals surface area contributed by atoms with Gasteiger partial charge in [-0.3, -0.25) is 4.79 Å². The zero-order chi connectivity index (χ0) is 13.4. The van der Waals surface area contributed by atoms with Crippen LogP contribution in [0.4, 0.5) is 0 Å². The molecule has 1 aromatic carbocycles. The fraction of sp³-hybridized carbons (Fsp3) is 0.500. The molecule has 18 heavy (non-hydrogen) atoms. The first-order chi connectivity index (χ1) is 8.67. The predicted molar refractivity (Wildman–Crippen MR) is 78.9 cm³/mol. The van der Waals surface area contributed by atoms with E-state index in [9.17, 15) is 4.79 Å². The summed E-state index contributed by atoms with van der Waals surface area (Å²) >= 11 is 1.90. The van der Waals surface area contributed by atoms with Gasteiger partial charge in [-0.1, -0.05) is 19.1 Å². The van der Waals surface area contributed by atoms with Gasteiger partial charge in [0, 0.05) is 18.2 Å². The summed E-state index contributed by atoms with van der Waals surface area (Å²) in [5.41, 5.74) is 7.26. The standard InChI is InChI=1S/C14H22N2OS/c1-3-18-9-8-11(2)16-14(17)13-6-4-12(10-15)5-7-13/h4-7,11H,3,8-10,15H2,1-2H3,(H,16,17). The molecule has 0 saturated heterocycles. The van der Waals surface area contributed by atoms with Crippen LogP contribution in [0.3, 0.4) is 0 Å². The van der Waals surface area contributed by atoms with Crippen molar-refractivity contribution < 1.29 is 4.79 Å². The summed E-state index contributed by atoms with van der Waals surface area (Å²) in [7, 11) is 0. The van der Waals surface area contributed by atoms with Crippen molar-refractivity contribution in [3.05, 3.63) is 35.4 Å². The fourth-order valence-electron chi connectivity index (χ4n) is 1.58. The first-order valence-corrected chi connectivity index (χ1v) is 7.50. The van der Waals surface area contributed by atoms with E-state index < -0.39 is 0 Å². The van der Waals surface area contributed by atoms with Gasteiger partial charge in [0.1, 0.15) is 0 Å². The molecule has 3 N–H and O–H groups in total. The molecule has 0 fully saturated rings. The SMILES string of the molecule is CCSCCC(C)NC(=O)c1ccc(CN)cc1. The molecule has 0 radical (unpaired) electrons. The van der Waals surface area contributed by atoms with Crippen LogP contribution in [0.15, 0.2) is 24.3 Å². The average molecular weight is 266 g/mol. The molecule has 0 aliphatic heterocycles. The zero-order valence-corrected chi connectivity index (χ0v) is 11.9. The minimum absolute atomic E-state index is 0.00688. The molecule has 0 aromatic heterocycles. The molecular weight excluding hydrogens is 244 g/mol. The Morgan fingerprint density at radius 2 is 2.06 bits per heavy atom. The molecule has 4 heteroatoms. The largest absolute Gasteiger partial charge is 0.350 e. The predicted octanol–water partition coefficient (Wildman–Crippen LogP) is 2.41. The third kappa shape index (κ3) is 5.10. The van der Waals surface area contributed by atoms with Crippen LogP contribution in [0, 0.1) is 0 Å². The normalized spacial score (nSPS) is 12.2. The molecule has 1 atom stereocenters. The van der Waals surface area contributed by atoms with Gasteiger partial charge >= 0.3 is 0 Å². The van der Waals surface area contributed by atoms with E-state index in [1.165, 1.54) is 0 Å². The van der Waals surface area contributed by atoms with Gasteiger partial charge in [-0.2, -0.15) is 11.8 Å². The van der Waals surface area contributed by atoms with Crippen molar-refractivity contribution in [1.82, 2.24) is 5.32 Å². The van der Waals surface area contributed by atoms with Gasteiger partial charge in [0.2, 0.25) is 0 Å². The first-order valence-electron chi connectivity index (χ1n) is 6.35. The van der Waals surface area contributed by atoms with Crippen molar-refractivity contribution in [3.63, 3.8) is 0 Å².